The lowest BCUT2D eigenvalue weighted by molar-refractivity contribution is -0.139. The van der Waals surface area contributed by atoms with E-state index >= 15 is 0 Å². The SMILES string of the molecule is COCCC(C)(C)CNC(=O)NCC(CC(=O)O)OC. The molecule has 0 aromatic heterocycles. The number of hydrogen-bond donors (Lipinski definition) is 3. The molecule has 0 rings (SSSR count). The monoisotopic (exact) mass is 290 g/mol. The second-order valence-electron chi connectivity index (χ2n) is 5.43. The van der Waals surface area contributed by atoms with Gasteiger partial charge in [-0.1, -0.05) is 13.8 Å². The molecule has 7 nitrogen and oxygen atoms in total. The Kier molecular flexibility index (Phi) is 8.91. The van der Waals surface area contributed by atoms with Gasteiger partial charge in [-0.3, -0.25) is 4.79 Å². The summed E-state index contributed by atoms with van der Waals surface area (Å²) in [5.41, 5.74) is -0.0604. The smallest absolute Gasteiger partial charge is 0.314 e. The quantitative estimate of drug-likeness (QED) is 0.554. The first-order valence-corrected chi connectivity index (χ1v) is 6.56. The van der Waals surface area contributed by atoms with E-state index in [-0.39, 0.29) is 24.4 Å². The molecule has 2 amide bonds. The van der Waals surface area contributed by atoms with Crippen molar-refractivity contribution in [2.45, 2.75) is 32.8 Å². The Morgan fingerprint density at radius 2 is 1.90 bits per heavy atom. The van der Waals surface area contributed by atoms with Gasteiger partial charge in [0, 0.05) is 33.9 Å². The number of aliphatic carboxylic acids is 1. The number of methoxy groups -OCH3 is 2. The molecule has 118 valence electrons. The van der Waals surface area contributed by atoms with Crippen molar-refractivity contribution in [3.05, 3.63) is 0 Å². The third-order valence-electron chi connectivity index (χ3n) is 2.94. The second-order valence-corrected chi connectivity index (χ2v) is 5.43. The summed E-state index contributed by atoms with van der Waals surface area (Å²) in [6.45, 7) is 5.38. The molecule has 0 fully saturated rings. The molecule has 3 N–H and O–H groups in total. The summed E-state index contributed by atoms with van der Waals surface area (Å²) in [6.07, 6.45) is 0.166. The van der Waals surface area contributed by atoms with Crippen LogP contribution in [0.1, 0.15) is 26.7 Å². The Labute approximate surface area is 120 Å². The first kappa shape index (κ1) is 18.7. The summed E-state index contributed by atoms with van der Waals surface area (Å²) in [6, 6.07) is -0.331. The van der Waals surface area contributed by atoms with Crippen LogP contribution in [0.25, 0.3) is 0 Å². The molecule has 0 aromatic rings. The highest BCUT2D eigenvalue weighted by molar-refractivity contribution is 5.74. The summed E-state index contributed by atoms with van der Waals surface area (Å²) < 4.78 is 9.98. The van der Waals surface area contributed by atoms with Crippen LogP contribution >= 0.6 is 0 Å². The maximum absolute atomic E-state index is 11.6. The van der Waals surface area contributed by atoms with Crippen molar-refractivity contribution < 1.29 is 24.2 Å². The molecule has 0 spiro atoms. The van der Waals surface area contributed by atoms with E-state index in [2.05, 4.69) is 10.6 Å². The van der Waals surface area contributed by atoms with Gasteiger partial charge in [-0.2, -0.15) is 0 Å². The van der Waals surface area contributed by atoms with E-state index in [1.54, 1.807) is 7.11 Å². The van der Waals surface area contributed by atoms with Crippen LogP contribution in [-0.4, -0.2) is 57.1 Å². The van der Waals surface area contributed by atoms with Gasteiger partial charge in [-0.05, 0) is 11.8 Å². The topological polar surface area (TPSA) is 96.9 Å². The molecule has 0 bridgehead atoms. The fourth-order valence-electron chi connectivity index (χ4n) is 1.49. The summed E-state index contributed by atoms with van der Waals surface area (Å²) in [7, 11) is 3.06. The van der Waals surface area contributed by atoms with Gasteiger partial charge in [0.25, 0.3) is 0 Å². The Hall–Kier alpha value is -1.34. The number of urea groups is 1. The van der Waals surface area contributed by atoms with Crippen molar-refractivity contribution >= 4 is 12.0 Å². The van der Waals surface area contributed by atoms with Crippen molar-refractivity contribution in [3.8, 4) is 0 Å². The lowest BCUT2D eigenvalue weighted by Gasteiger charge is -2.24. The lowest BCUT2D eigenvalue weighted by Crippen LogP contribution is -2.44. The molecule has 1 atom stereocenters. The van der Waals surface area contributed by atoms with Gasteiger partial charge in [-0.15, -0.1) is 0 Å². The van der Waals surface area contributed by atoms with E-state index in [0.717, 1.165) is 6.42 Å². The normalized spacial score (nSPS) is 12.8. The minimum absolute atomic E-state index is 0.0604. The number of carbonyl (C=O) groups is 2. The second kappa shape index (κ2) is 9.55. The van der Waals surface area contributed by atoms with Crippen LogP contribution in [0.2, 0.25) is 0 Å². The number of nitrogens with one attached hydrogen (secondary N) is 2. The minimum atomic E-state index is -0.959. The highest BCUT2D eigenvalue weighted by atomic mass is 16.5. The molecule has 0 aliphatic rings. The molecule has 0 aliphatic carbocycles. The zero-order chi connectivity index (χ0) is 15.6. The van der Waals surface area contributed by atoms with Gasteiger partial charge in [-0.25, -0.2) is 4.79 Å². The highest BCUT2D eigenvalue weighted by Crippen LogP contribution is 2.18. The Bertz CT molecular complexity index is 307. The van der Waals surface area contributed by atoms with Crippen LogP contribution < -0.4 is 10.6 Å². The predicted molar refractivity (Wildman–Crippen MR) is 74.7 cm³/mol. The zero-order valence-corrected chi connectivity index (χ0v) is 12.7. The van der Waals surface area contributed by atoms with Crippen molar-refractivity contribution in [2.75, 3.05) is 33.9 Å². The van der Waals surface area contributed by atoms with Crippen molar-refractivity contribution in [2.24, 2.45) is 5.41 Å². The van der Waals surface area contributed by atoms with Gasteiger partial charge in [0.1, 0.15) is 0 Å². The molecular formula is C13H26N2O5. The van der Waals surface area contributed by atoms with E-state index in [0.29, 0.717) is 13.2 Å². The maximum atomic E-state index is 11.6. The van der Waals surface area contributed by atoms with Gasteiger partial charge in [0.15, 0.2) is 0 Å². The average Bonchev–Trinajstić information content (AvgIpc) is 2.38. The molecule has 1 unspecified atom stereocenters. The van der Waals surface area contributed by atoms with E-state index < -0.39 is 12.1 Å². The maximum Gasteiger partial charge on any atom is 0.314 e. The van der Waals surface area contributed by atoms with E-state index in [9.17, 15) is 9.59 Å². The third kappa shape index (κ3) is 9.57. The standard InChI is InChI=1S/C13H26N2O5/c1-13(2,5-6-19-3)9-15-12(18)14-8-10(20-4)7-11(16)17/h10H,5-9H2,1-4H3,(H,16,17)(H2,14,15,18). The highest BCUT2D eigenvalue weighted by Gasteiger charge is 2.19. The lowest BCUT2D eigenvalue weighted by atomic mass is 9.90. The number of ether oxygens (including phenoxy) is 2. The van der Waals surface area contributed by atoms with Crippen molar-refractivity contribution in [3.63, 3.8) is 0 Å². The predicted octanol–water partition coefficient (Wildman–Crippen LogP) is 0.838. The summed E-state index contributed by atoms with van der Waals surface area (Å²) in [4.78, 5) is 22.2. The fraction of sp³-hybridized carbons (Fsp3) is 0.846. The van der Waals surface area contributed by atoms with Crippen LogP contribution in [0, 0.1) is 5.41 Å². The van der Waals surface area contributed by atoms with Crippen LogP contribution in [0.5, 0.6) is 0 Å². The minimum Gasteiger partial charge on any atom is -0.481 e. The third-order valence-corrected chi connectivity index (χ3v) is 2.94. The van der Waals surface area contributed by atoms with E-state index in [4.69, 9.17) is 14.6 Å². The first-order chi connectivity index (χ1) is 9.30. The number of carboxylic acid groups (broad SMARTS) is 1. The number of rotatable bonds is 10. The molecule has 0 saturated carbocycles. The fourth-order valence-corrected chi connectivity index (χ4v) is 1.49. The molecule has 0 heterocycles. The summed E-state index contributed by atoms with van der Waals surface area (Å²) in [5, 5.41) is 14.0. The Morgan fingerprint density at radius 3 is 2.40 bits per heavy atom. The number of hydrogen-bond acceptors (Lipinski definition) is 4. The largest absolute Gasteiger partial charge is 0.481 e. The Morgan fingerprint density at radius 1 is 1.25 bits per heavy atom. The molecular weight excluding hydrogens is 264 g/mol. The molecule has 0 aromatic carbocycles. The van der Waals surface area contributed by atoms with Crippen LogP contribution in [-0.2, 0) is 14.3 Å². The first-order valence-electron chi connectivity index (χ1n) is 6.56. The van der Waals surface area contributed by atoms with Crippen molar-refractivity contribution in [1.82, 2.24) is 10.6 Å². The zero-order valence-electron chi connectivity index (χ0n) is 12.7. The van der Waals surface area contributed by atoms with Gasteiger partial charge in [0.2, 0.25) is 0 Å². The van der Waals surface area contributed by atoms with Crippen LogP contribution in [0.15, 0.2) is 0 Å². The van der Waals surface area contributed by atoms with E-state index in [1.165, 1.54) is 7.11 Å². The number of amides is 2. The average molecular weight is 290 g/mol. The molecule has 0 radical (unpaired) electrons. The molecule has 7 heteroatoms. The van der Waals surface area contributed by atoms with Gasteiger partial charge in [0.05, 0.1) is 12.5 Å². The number of carboxylic acids is 1. The van der Waals surface area contributed by atoms with E-state index in [1.807, 2.05) is 13.8 Å². The molecule has 0 aliphatic heterocycles. The van der Waals surface area contributed by atoms with Crippen LogP contribution in [0.3, 0.4) is 0 Å². The summed E-state index contributed by atoms with van der Waals surface area (Å²) >= 11 is 0. The molecule has 0 saturated heterocycles. The van der Waals surface area contributed by atoms with Crippen molar-refractivity contribution in [1.29, 1.82) is 0 Å². The number of carbonyl (C=O) groups excluding carboxylic acids is 1. The van der Waals surface area contributed by atoms with Crippen LogP contribution in [0.4, 0.5) is 4.79 Å². The van der Waals surface area contributed by atoms with Gasteiger partial charge < -0.3 is 25.2 Å². The van der Waals surface area contributed by atoms with Gasteiger partial charge >= 0.3 is 12.0 Å². The Balaban J connectivity index is 3.95. The molecule has 20 heavy (non-hydrogen) atoms. The summed E-state index contributed by atoms with van der Waals surface area (Å²) in [5.74, 6) is -0.959.